The van der Waals surface area contributed by atoms with Gasteiger partial charge in [0.2, 0.25) is 15.9 Å². The molecule has 5 unspecified atom stereocenters. The van der Waals surface area contributed by atoms with E-state index in [9.17, 15) is 23.4 Å². The minimum atomic E-state index is -3.50. The summed E-state index contributed by atoms with van der Waals surface area (Å²) in [5.74, 6) is -0.360. The maximum atomic E-state index is 13.5. The maximum absolute atomic E-state index is 13.5. The summed E-state index contributed by atoms with van der Waals surface area (Å²) in [5.41, 5.74) is 0.691. The number of aliphatic hydroxyl groups excluding tert-OH is 2. The number of nitrogens with one attached hydrogen (secondary N) is 1. The molecule has 1 saturated carbocycles. The molecule has 0 saturated heterocycles. The van der Waals surface area contributed by atoms with E-state index in [-0.39, 0.29) is 36.2 Å². The Morgan fingerprint density at radius 1 is 1.29 bits per heavy atom. The Morgan fingerprint density at radius 2 is 1.97 bits per heavy atom. The Balaban J connectivity index is 1.71. The summed E-state index contributed by atoms with van der Waals surface area (Å²) in [6, 6.07) is 9.80. The zero-order valence-corrected chi connectivity index (χ0v) is 22.3. The van der Waals surface area contributed by atoms with Gasteiger partial charge in [-0.1, -0.05) is 44.2 Å². The average Bonchev–Trinajstić information content (AvgIpc) is 3.18. The Hall–Kier alpha value is -2.01. The fraction of sp³-hybridized carbons (Fsp3) is 0.600. The van der Waals surface area contributed by atoms with Crippen molar-refractivity contribution in [1.82, 2.24) is 9.88 Å². The molecule has 1 amide bonds. The van der Waals surface area contributed by atoms with Crippen LogP contribution in [-0.2, 0) is 27.8 Å². The third-order valence-electron chi connectivity index (χ3n) is 8.23. The first kappa shape index (κ1) is 26.1. The molecule has 192 valence electrons. The third-order valence-corrected chi connectivity index (χ3v) is 9.94. The predicted octanol–water partition coefficient (Wildman–Crippen LogP) is 2.98. The van der Waals surface area contributed by atoms with Crippen molar-refractivity contribution < 1.29 is 23.4 Å². The lowest BCUT2D eigenvalue weighted by Gasteiger charge is -2.58. The van der Waals surface area contributed by atoms with Crippen LogP contribution in [0.3, 0.4) is 0 Å². The van der Waals surface area contributed by atoms with Crippen molar-refractivity contribution >= 4 is 32.4 Å². The van der Waals surface area contributed by atoms with Crippen LogP contribution in [0.1, 0.15) is 55.2 Å². The molecular weight excluding hydrogens is 486 g/mol. The number of carbonyl (C=O) groups excluding carboxylic acids is 1. The Labute approximate surface area is 211 Å². The van der Waals surface area contributed by atoms with Gasteiger partial charge in [0.05, 0.1) is 24.7 Å². The summed E-state index contributed by atoms with van der Waals surface area (Å²) in [7, 11) is -1.71. The monoisotopic (exact) mass is 521 g/mol. The molecule has 0 spiro atoms. The molecular formula is C25H35N3O5S2. The lowest BCUT2D eigenvalue weighted by Crippen LogP contribution is -2.57. The quantitative estimate of drug-likeness (QED) is 0.515. The standard InChI is InChI=1S/C25H35N3O5S2/c1-24-11-10-20(30)25(2,15-29)19(24)13-18-22(26-23(34-18)27-35(4,32)33)17(24)12-21(31)28(3)14-16-8-6-5-7-9-16/h5-9,17,19-20,29-30H,10-15H2,1-4H3,(H,26,27). The van der Waals surface area contributed by atoms with Crippen LogP contribution in [0.25, 0.3) is 0 Å². The van der Waals surface area contributed by atoms with Crippen LogP contribution in [0.15, 0.2) is 30.3 Å². The molecule has 35 heavy (non-hydrogen) atoms. The summed E-state index contributed by atoms with van der Waals surface area (Å²) in [6.45, 7) is 4.39. The predicted molar refractivity (Wildman–Crippen MR) is 137 cm³/mol. The average molecular weight is 522 g/mol. The van der Waals surface area contributed by atoms with E-state index in [2.05, 4.69) is 16.6 Å². The Morgan fingerprint density at radius 3 is 2.60 bits per heavy atom. The molecule has 0 radical (unpaired) electrons. The van der Waals surface area contributed by atoms with Crippen molar-refractivity contribution in [2.75, 3.05) is 24.6 Å². The number of sulfonamides is 1. The molecule has 1 fully saturated rings. The first-order valence-electron chi connectivity index (χ1n) is 11.9. The molecule has 1 heterocycles. The van der Waals surface area contributed by atoms with Gasteiger partial charge in [-0.15, -0.1) is 11.3 Å². The first-order valence-corrected chi connectivity index (χ1v) is 14.6. The van der Waals surface area contributed by atoms with Gasteiger partial charge in [0.25, 0.3) is 0 Å². The summed E-state index contributed by atoms with van der Waals surface area (Å²) >= 11 is 1.28. The molecule has 0 bridgehead atoms. The molecule has 1 aromatic heterocycles. The Bertz CT molecular complexity index is 1180. The highest BCUT2D eigenvalue weighted by Gasteiger charge is 2.59. The number of aliphatic hydroxyl groups is 2. The molecule has 2 aromatic rings. The number of hydrogen-bond acceptors (Lipinski definition) is 7. The second-order valence-electron chi connectivity index (χ2n) is 10.7. The summed E-state index contributed by atoms with van der Waals surface area (Å²) in [5, 5.41) is 21.5. The number of aromatic nitrogens is 1. The second kappa shape index (κ2) is 9.46. The molecule has 3 N–H and O–H groups in total. The van der Waals surface area contributed by atoms with Gasteiger partial charge >= 0.3 is 0 Å². The highest BCUT2D eigenvalue weighted by Crippen LogP contribution is 2.62. The summed E-state index contributed by atoms with van der Waals surface area (Å²) < 4.78 is 26.2. The van der Waals surface area contributed by atoms with Crippen molar-refractivity contribution in [3.8, 4) is 0 Å². The van der Waals surface area contributed by atoms with E-state index in [4.69, 9.17) is 0 Å². The van der Waals surface area contributed by atoms with Crippen LogP contribution in [0.4, 0.5) is 5.13 Å². The largest absolute Gasteiger partial charge is 0.396 e. The smallest absolute Gasteiger partial charge is 0.231 e. The van der Waals surface area contributed by atoms with E-state index in [1.54, 1.807) is 11.9 Å². The van der Waals surface area contributed by atoms with Gasteiger partial charge in [-0.25, -0.2) is 13.4 Å². The van der Waals surface area contributed by atoms with E-state index >= 15 is 0 Å². The van der Waals surface area contributed by atoms with Gasteiger partial charge in [0, 0.05) is 36.2 Å². The summed E-state index contributed by atoms with van der Waals surface area (Å²) in [4.78, 5) is 20.8. The molecule has 8 nitrogen and oxygen atoms in total. The van der Waals surface area contributed by atoms with Crippen LogP contribution in [0, 0.1) is 16.7 Å². The van der Waals surface area contributed by atoms with Gasteiger partial charge in [0.1, 0.15) is 0 Å². The maximum Gasteiger partial charge on any atom is 0.231 e. The SMILES string of the molecule is CN(Cc1ccccc1)C(=O)CC1c2nc(NS(C)(=O)=O)sc2CC2C(C)(CO)C(O)CCC12C. The zero-order chi connectivity index (χ0) is 25.6. The van der Waals surface area contributed by atoms with E-state index in [1.807, 2.05) is 37.3 Å². The first-order chi connectivity index (χ1) is 16.4. The van der Waals surface area contributed by atoms with Crippen LogP contribution < -0.4 is 4.72 Å². The van der Waals surface area contributed by atoms with Crippen molar-refractivity contribution in [1.29, 1.82) is 0 Å². The zero-order valence-electron chi connectivity index (χ0n) is 20.7. The fourth-order valence-electron chi connectivity index (χ4n) is 6.12. The number of anilines is 1. The van der Waals surface area contributed by atoms with Gasteiger partial charge < -0.3 is 15.1 Å². The van der Waals surface area contributed by atoms with E-state index in [1.165, 1.54) is 11.3 Å². The number of benzene rings is 1. The molecule has 5 atom stereocenters. The van der Waals surface area contributed by atoms with Crippen LogP contribution in [-0.4, -0.2) is 60.4 Å². The normalized spacial score (nSPS) is 30.3. The topological polar surface area (TPSA) is 120 Å². The number of hydrogen-bond donors (Lipinski definition) is 3. The lowest BCUT2D eigenvalue weighted by atomic mass is 9.47. The van der Waals surface area contributed by atoms with Gasteiger partial charge in [-0.3, -0.25) is 9.52 Å². The van der Waals surface area contributed by atoms with Gasteiger partial charge in [-0.2, -0.15) is 0 Å². The number of rotatable bonds is 7. The molecule has 2 aliphatic rings. The van der Waals surface area contributed by atoms with Crippen LogP contribution in [0.2, 0.25) is 0 Å². The van der Waals surface area contributed by atoms with Crippen molar-refractivity contribution in [2.24, 2.45) is 16.7 Å². The number of carbonyl (C=O) groups is 1. The minimum Gasteiger partial charge on any atom is -0.396 e. The van der Waals surface area contributed by atoms with E-state index in [0.29, 0.717) is 30.9 Å². The number of thiazole rings is 1. The molecule has 4 rings (SSSR count). The third kappa shape index (κ3) is 4.98. The molecule has 0 aliphatic heterocycles. The summed E-state index contributed by atoms with van der Waals surface area (Å²) in [6.07, 6.45) is 2.47. The highest BCUT2D eigenvalue weighted by atomic mass is 32.2. The van der Waals surface area contributed by atoms with Gasteiger partial charge in [-0.05, 0) is 36.2 Å². The highest BCUT2D eigenvalue weighted by molar-refractivity contribution is 7.92. The molecule has 2 aliphatic carbocycles. The van der Waals surface area contributed by atoms with Crippen molar-refractivity contribution in [3.05, 3.63) is 46.5 Å². The van der Waals surface area contributed by atoms with Crippen LogP contribution in [0.5, 0.6) is 0 Å². The van der Waals surface area contributed by atoms with E-state index in [0.717, 1.165) is 22.4 Å². The number of nitrogens with zero attached hydrogens (tertiary/aromatic N) is 2. The molecule has 10 heteroatoms. The minimum absolute atomic E-state index is 0.0193. The van der Waals surface area contributed by atoms with Crippen molar-refractivity contribution in [3.63, 3.8) is 0 Å². The van der Waals surface area contributed by atoms with E-state index < -0.39 is 21.5 Å². The number of amides is 1. The second-order valence-corrected chi connectivity index (χ2v) is 13.5. The molecule has 1 aromatic carbocycles. The van der Waals surface area contributed by atoms with Crippen molar-refractivity contribution in [2.45, 2.75) is 58.1 Å². The fourth-order valence-corrected chi connectivity index (χ4v) is 8.03. The Kier molecular flexibility index (Phi) is 7.04. The lowest BCUT2D eigenvalue weighted by molar-refractivity contribution is -0.147. The van der Waals surface area contributed by atoms with Gasteiger partial charge in [0.15, 0.2) is 5.13 Å². The number of fused-ring (bicyclic) bond motifs is 2. The van der Waals surface area contributed by atoms with Crippen LogP contribution >= 0.6 is 11.3 Å².